The molecule has 2 atom stereocenters. The zero-order valence-electron chi connectivity index (χ0n) is 11.8. The van der Waals surface area contributed by atoms with Gasteiger partial charge in [-0.25, -0.2) is 0 Å². The minimum atomic E-state index is 0.465. The topological polar surface area (TPSA) is 21.3 Å². The molecule has 0 amide bonds. The first-order chi connectivity index (χ1) is 8.62. The monoisotopic (exact) mass is 269 g/mol. The van der Waals surface area contributed by atoms with E-state index < -0.39 is 0 Å². The van der Waals surface area contributed by atoms with Crippen LogP contribution in [-0.4, -0.2) is 19.7 Å². The molecule has 0 aliphatic rings. The van der Waals surface area contributed by atoms with Crippen LogP contribution in [0.3, 0.4) is 0 Å². The SMILES string of the molecule is CCNC(Cc1cc(Cl)ccc1OC)C(C)CC. The molecule has 0 bridgehead atoms. The summed E-state index contributed by atoms with van der Waals surface area (Å²) >= 11 is 6.07. The van der Waals surface area contributed by atoms with Gasteiger partial charge in [-0.15, -0.1) is 0 Å². The van der Waals surface area contributed by atoms with Crippen molar-refractivity contribution in [2.24, 2.45) is 5.92 Å². The van der Waals surface area contributed by atoms with Crippen molar-refractivity contribution in [3.8, 4) is 5.75 Å². The second-order valence-corrected chi connectivity index (χ2v) is 5.15. The first-order valence-corrected chi connectivity index (χ1v) is 7.05. The molecule has 0 aliphatic carbocycles. The maximum absolute atomic E-state index is 6.07. The predicted octanol–water partition coefficient (Wildman–Crippen LogP) is 3.92. The highest BCUT2D eigenvalue weighted by atomic mass is 35.5. The van der Waals surface area contributed by atoms with Gasteiger partial charge in [-0.1, -0.05) is 38.8 Å². The van der Waals surface area contributed by atoms with Gasteiger partial charge in [0.1, 0.15) is 5.75 Å². The van der Waals surface area contributed by atoms with E-state index in [1.807, 2.05) is 18.2 Å². The third-order valence-electron chi connectivity index (χ3n) is 3.48. The van der Waals surface area contributed by atoms with Crippen molar-refractivity contribution in [2.75, 3.05) is 13.7 Å². The first-order valence-electron chi connectivity index (χ1n) is 6.68. The Labute approximate surface area is 116 Å². The van der Waals surface area contributed by atoms with Gasteiger partial charge in [0.2, 0.25) is 0 Å². The normalized spacial score (nSPS) is 14.3. The summed E-state index contributed by atoms with van der Waals surface area (Å²) in [5, 5.41) is 4.32. The van der Waals surface area contributed by atoms with Crippen LogP contribution in [0.4, 0.5) is 0 Å². The minimum absolute atomic E-state index is 0.465. The van der Waals surface area contributed by atoms with Crippen LogP contribution in [0.1, 0.15) is 32.8 Å². The summed E-state index contributed by atoms with van der Waals surface area (Å²) in [5.74, 6) is 1.55. The zero-order valence-corrected chi connectivity index (χ0v) is 12.6. The lowest BCUT2D eigenvalue weighted by Gasteiger charge is -2.24. The molecule has 18 heavy (non-hydrogen) atoms. The van der Waals surface area contributed by atoms with E-state index in [2.05, 4.69) is 26.1 Å². The molecular formula is C15H24ClNO. The van der Waals surface area contributed by atoms with Crippen molar-refractivity contribution >= 4 is 11.6 Å². The van der Waals surface area contributed by atoms with Crippen molar-refractivity contribution in [2.45, 2.75) is 39.7 Å². The minimum Gasteiger partial charge on any atom is -0.496 e. The van der Waals surface area contributed by atoms with Crippen LogP contribution in [-0.2, 0) is 6.42 Å². The summed E-state index contributed by atoms with van der Waals surface area (Å²) in [6.07, 6.45) is 2.12. The Morgan fingerprint density at radius 3 is 2.61 bits per heavy atom. The number of likely N-dealkylation sites (N-methyl/N-ethyl adjacent to an activating group) is 1. The van der Waals surface area contributed by atoms with Gasteiger partial charge >= 0.3 is 0 Å². The van der Waals surface area contributed by atoms with Gasteiger partial charge in [0.15, 0.2) is 0 Å². The lowest BCUT2D eigenvalue weighted by Crippen LogP contribution is -2.36. The molecule has 0 saturated heterocycles. The second-order valence-electron chi connectivity index (χ2n) is 4.71. The van der Waals surface area contributed by atoms with Gasteiger partial charge in [0.05, 0.1) is 7.11 Å². The molecule has 0 spiro atoms. The fourth-order valence-corrected chi connectivity index (χ4v) is 2.36. The van der Waals surface area contributed by atoms with E-state index in [0.29, 0.717) is 12.0 Å². The summed E-state index contributed by atoms with van der Waals surface area (Å²) in [5.41, 5.74) is 1.18. The second kappa shape index (κ2) is 7.65. The molecule has 0 fully saturated rings. The molecule has 0 aliphatic heterocycles. The highest BCUT2D eigenvalue weighted by Gasteiger charge is 2.17. The standard InChI is InChI=1S/C15H24ClNO/c1-5-11(3)14(17-6-2)10-12-9-13(16)7-8-15(12)18-4/h7-9,11,14,17H,5-6,10H2,1-4H3. The van der Waals surface area contributed by atoms with Gasteiger partial charge < -0.3 is 10.1 Å². The number of hydrogen-bond acceptors (Lipinski definition) is 2. The van der Waals surface area contributed by atoms with Crippen molar-refractivity contribution in [3.05, 3.63) is 28.8 Å². The molecule has 0 heterocycles. The van der Waals surface area contributed by atoms with E-state index in [0.717, 1.165) is 23.7 Å². The van der Waals surface area contributed by atoms with Gasteiger partial charge in [0, 0.05) is 11.1 Å². The Morgan fingerprint density at radius 1 is 1.33 bits per heavy atom. The predicted molar refractivity (Wildman–Crippen MR) is 78.6 cm³/mol. The summed E-state index contributed by atoms with van der Waals surface area (Å²) in [6.45, 7) is 7.64. The Hall–Kier alpha value is -0.730. The molecule has 0 saturated carbocycles. The fourth-order valence-electron chi connectivity index (χ4n) is 2.16. The van der Waals surface area contributed by atoms with Crippen molar-refractivity contribution in [1.29, 1.82) is 0 Å². The van der Waals surface area contributed by atoms with Gasteiger partial charge in [-0.3, -0.25) is 0 Å². The highest BCUT2D eigenvalue weighted by molar-refractivity contribution is 6.30. The molecule has 2 unspecified atom stereocenters. The van der Waals surface area contributed by atoms with E-state index in [-0.39, 0.29) is 0 Å². The van der Waals surface area contributed by atoms with Gasteiger partial charge in [-0.05, 0) is 42.6 Å². The number of benzene rings is 1. The number of methoxy groups -OCH3 is 1. The molecule has 1 aromatic rings. The number of nitrogens with one attached hydrogen (secondary N) is 1. The van der Waals surface area contributed by atoms with Crippen LogP contribution < -0.4 is 10.1 Å². The van der Waals surface area contributed by atoms with Crippen molar-refractivity contribution in [1.82, 2.24) is 5.32 Å². The number of rotatable bonds is 7. The van der Waals surface area contributed by atoms with E-state index in [9.17, 15) is 0 Å². The van der Waals surface area contributed by atoms with Crippen LogP contribution in [0.2, 0.25) is 5.02 Å². The zero-order chi connectivity index (χ0) is 13.5. The Bertz CT molecular complexity index is 368. The third-order valence-corrected chi connectivity index (χ3v) is 3.71. The average Bonchev–Trinajstić information content (AvgIpc) is 2.37. The smallest absolute Gasteiger partial charge is 0.122 e. The molecule has 2 nitrogen and oxygen atoms in total. The number of halogens is 1. The van der Waals surface area contributed by atoms with Crippen LogP contribution in [0.5, 0.6) is 5.75 Å². The quantitative estimate of drug-likeness (QED) is 0.810. The summed E-state index contributed by atoms with van der Waals surface area (Å²) in [7, 11) is 1.71. The molecule has 102 valence electrons. The van der Waals surface area contributed by atoms with E-state index in [1.54, 1.807) is 7.11 Å². The lowest BCUT2D eigenvalue weighted by atomic mass is 9.92. The molecule has 0 aromatic heterocycles. The van der Waals surface area contributed by atoms with E-state index in [1.165, 1.54) is 12.0 Å². The van der Waals surface area contributed by atoms with Crippen molar-refractivity contribution < 1.29 is 4.74 Å². The molecule has 3 heteroatoms. The van der Waals surface area contributed by atoms with E-state index in [4.69, 9.17) is 16.3 Å². The first kappa shape index (κ1) is 15.3. The van der Waals surface area contributed by atoms with Crippen molar-refractivity contribution in [3.63, 3.8) is 0 Å². The molecule has 0 radical (unpaired) electrons. The Morgan fingerprint density at radius 2 is 2.06 bits per heavy atom. The molecular weight excluding hydrogens is 246 g/mol. The molecule has 1 N–H and O–H groups in total. The maximum atomic E-state index is 6.07. The van der Waals surface area contributed by atoms with Gasteiger partial charge in [-0.2, -0.15) is 0 Å². The van der Waals surface area contributed by atoms with Gasteiger partial charge in [0.25, 0.3) is 0 Å². The fraction of sp³-hybridized carbons (Fsp3) is 0.600. The summed E-state index contributed by atoms with van der Waals surface area (Å²) in [4.78, 5) is 0. The molecule has 1 aromatic carbocycles. The summed E-state index contributed by atoms with van der Waals surface area (Å²) < 4.78 is 5.41. The highest BCUT2D eigenvalue weighted by Crippen LogP contribution is 2.25. The maximum Gasteiger partial charge on any atom is 0.122 e. The lowest BCUT2D eigenvalue weighted by molar-refractivity contribution is 0.360. The third kappa shape index (κ3) is 4.18. The largest absolute Gasteiger partial charge is 0.496 e. The Balaban J connectivity index is 2.88. The van der Waals surface area contributed by atoms with Crippen LogP contribution in [0.25, 0.3) is 0 Å². The Kier molecular flexibility index (Phi) is 6.51. The van der Waals surface area contributed by atoms with Crippen LogP contribution in [0, 0.1) is 5.92 Å². The van der Waals surface area contributed by atoms with Crippen LogP contribution in [0.15, 0.2) is 18.2 Å². The number of hydrogen-bond donors (Lipinski definition) is 1. The van der Waals surface area contributed by atoms with Crippen LogP contribution >= 0.6 is 11.6 Å². The molecule has 1 rings (SSSR count). The number of ether oxygens (including phenoxy) is 1. The average molecular weight is 270 g/mol. The summed E-state index contributed by atoms with van der Waals surface area (Å²) in [6, 6.07) is 6.28. The van der Waals surface area contributed by atoms with E-state index >= 15 is 0 Å².